The van der Waals surface area contributed by atoms with Gasteiger partial charge in [0.05, 0.1) is 6.61 Å². The summed E-state index contributed by atoms with van der Waals surface area (Å²) in [7, 11) is 0. The second-order valence-electron chi connectivity index (χ2n) is 4.50. The predicted octanol–water partition coefficient (Wildman–Crippen LogP) is 2.45. The Hall–Kier alpha value is -0.930. The van der Waals surface area contributed by atoms with Crippen LogP contribution in [0.2, 0.25) is 0 Å². The molecule has 0 saturated carbocycles. The number of aliphatic hydroxyl groups is 1. The Labute approximate surface area is 96.5 Å². The van der Waals surface area contributed by atoms with Crippen LogP contribution in [0.5, 0.6) is 0 Å². The quantitative estimate of drug-likeness (QED) is 0.806. The summed E-state index contributed by atoms with van der Waals surface area (Å²) in [6, 6.07) is 5.27. The summed E-state index contributed by atoms with van der Waals surface area (Å²) in [5.41, 5.74) is 1.36. The Morgan fingerprint density at radius 1 is 1.31 bits per heavy atom. The van der Waals surface area contributed by atoms with E-state index in [0.717, 1.165) is 5.56 Å². The fourth-order valence-corrected chi connectivity index (χ4v) is 1.37. The van der Waals surface area contributed by atoms with E-state index < -0.39 is 0 Å². The van der Waals surface area contributed by atoms with Gasteiger partial charge in [0.2, 0.25) is 0 Å². The van der Waals surface area contributed by atoms with Crippen LogP contribution in [0.1, 0.15) is 31.9 Å². The number of hydrogen-bond acceptors (Lipinski definition) is 2. The van der Waals surface area contributed by atoms with Crippen LogP contribution >= 0.6 is 0 Å². The average molecular weight is 225 g/mol. The monoisotopic (exact) mass is 225 g/mol. The Morgan fingerprint density at radius 3 is 2.56 bits per heavy atom. The minimum absolute atomic E-state index is 0.251. The zero-order valence-electron chi connectivity index (χ0n) is 10.1. The lowest BCUT2D eigenvalue weighted by Gasteiger charge is -2.17. The van der Waals surface area contributed by atoms with Gasteiger partial charge in [0.25, 0.3) is 0 Å². The molecular formula is C13H20FNO. The molecule has 0 fully saturated rings. The zero-order valence-corrected chi connectivity index (χ0v) is 10.1. The maximum absolute atomic E-state index is 13.1. The van der Waals surface area contributed by atoms with Crippen molar-refractivity contribution in [2.24, 2.45) is 5.92 Å². The fourth-order valence-electron chi connectivity index (χ4n) is 1.37. The van der Waals surface area contributed by atoms with Gasteiger partial charge in [-0.05, 0) is 30.5 Å². The van der Waals surface area contributed by atoms with E-state index in [9.17, 15) is 4.39 Å². The van der Waals surface area contributed by atoms with Gasteiger partial charge in [0, 0.05) is 18.2 Å². The van der Waals surface area contributed by atoms with Gasteiger partial charge in [-0.1, -0.05) is 19.9 Å². The molecule has 16 heavy (non-hydrogen) atoms. The van der Waals surface area contributed by atoms with E-state index in [0.29, 0.717) is 24.1 Å². The molecule has 1 unspecified atom stereocenters. The lowest BCUT2D eigenvalue weighted by molar-refractivity contribution is 0.275. The molecule has 3 heteroatoms. The molecule has 0 heterocycles. The van der Waals surface area contributed by atoms with Gasteiger partial charge in [0.15, 0.2) is 0 Å². The number of halogens is 1. The highest BCUT2D eigenvalue weighted by Gasteiger charge is 2.07. The SMILES string of the molecule is CC(C)C(C)NCc1ccc(F)c(CO)c1. The van der Waals surface area contributed by atoms with E-state index in [1.54, 1.807) is 12.1 Å². The first-order valence-corrected chi connectivity index (χ1v) is 5.66. The van der Waals surface area contributed by atoms with Gasteiger partial charge < -0.3 is 10.4 Å². The van der Waals surface area contributed by atoms with Crippen LogP contribution in [0.25, 0.3) is 0 Å². The summed E-state index contributed by atoms with van der Waals surface area (Å²) in [5.74, 6) is 0.223. The highest BCUT2D eigenvalue weighted by molar-refractivity contribution is 5.24. The molecule has 0 aliphatic carbocycles. The van der Waals surface area contributed by atoms with Crippen molar-refractivity contribution in [1.29, 1.82) is 0 Å². The van der Waals surface area contributed by atoms with Crippen LogP contribution in [0.15, 0.2) is 18.2 Å². The first-order chi connectivity index (χ1) is 7.54. The molecule has 0 bridgehead atoms. The van der Waals surface area contributed by atoms with Gasteiger partial charge in [-0.3, -0.25) is 0 Å². The molecular weight excluding hydrogens is 205 g/mol. The molecule has 90 valence electrons. The molecule has 0 aliphatic heterocycles. The maximum Gasteiger partial charge on any atom is 0.128 e. The third kappa shape index (κ3) is 3.58. The summed E-state index contributed by atoms with van der Waals surface area (Å²) in [6.45, 7) is 6.89. The lowest BCUT2D eigenvalue weighted by atomic mass is 10.1. The third-order valence-corrected chi connectivity index (χ3v) is 2.91. The van der Waals surface area contributed by atoms with Crippen molar-refractivity contribution in [3.8, 4) is 0 Å². The number of rotatable bonds is 5. The second-order valence-corrected chi connectivity index (χ2v) is 4.50. The van der Waals surface area contributed by atoms with E-state index in [2.05, 4.69) is 26.1 Å². The molecule has 0 aromatic heterocycles. The van der Waals surface area contributed by atoms with E-state index in [4.69, 9.17) is 5.11 Å². The fraction of sp³-hybridized carbons (Fsp3) is 0.538. The normalized spacial score (nSPS) is 13.1. The molecule has 1 aromatic carbocycles. The standard InChI is InChI=1S/C13H20FNO/c1-9(2)10(3)15-7-11-4-5-13(14)12(6-11)8-16/h4-6,9-10,15-16H,7-8H2,1-3H3. The summed E-state index contributed by atoms with van der Waals surface area (Å²) in [6.07, 6.45) is 0. The van der Waals surface area contributed by atoms with Crippen molar-refractivity contribution in [3.05, 3.63) is 35.1 Å². The minimum Gasteiger partial charge on any atom is -0.392 e. The van der Waals surface area contributed by atoms with Crippen molar-refractivity contribution in [1.82, 2.24) is 5.32 Å². The van der Waals surface area contributed by atoms with Crippen LogP contribution in [0, 0.1) is 11.7 Å². The number of hydrogen-bond donors (Lipinski definition) is 2. The maximum atomic E-state index is 13.1. The van der Waals surface area contributed by atoms with Gasteiger partial charge in [-0.25, -0.2) is 4.39 Å². The van der Waals surface area contributed by atoms with Gasteiger partial charge in [-0.15, -0.1) is 0 Å². The Bertz CT molecular complexity index is 339. The molecule has 1 aromatic rings. The number of aliphatic hydroxyl groups excluding tert-OH is 1. The Balaban J connectivity index is 2.61. The molecule has 0 amide bonds. The van der Waals surface area contributed by atoms with Crippen molar-refractivity contribution in [2.45, 2.75) is 40.0 Å². The van der Waals surface area contributed by atoms with E-state index in [1.807, 2.05) is 0 Å². The largest absolute Gasteiger partial charge is 0.392 e. The predicted molar refractivity (Wildman–Crippen MR) is 63.5 cm³/mol. The van der Waals surface area contributed by atoms with Crippen molar-refractivity contribution in [2.75, 3.05) is 0 Å². The molecule has 0 spiro atoms. The van der Waals surface area contributed by atoms with Gasteiger partial charge >= 0.3 is 0 Å². The smallest absolute Gasteiger partial charge is 0.128 e. The zero-order chi connectivity index (χ0) is 12.1. The Kier molecular flexibility index (Phi) is 4.90. The van der Waals surface area contributed by atoms with Crippen molar-refractivity contribution < 1.29 is 9.50 Å². The molecule has 1 rings (SSSR count). The van der Waals surface area contributed by atoms with Crippen LogP contribution in [0.4, 0.5) is 4.39 Å². The Morgan fingerprint density at radius 2 is 2.00 bits per heavy atom. The summed E-state index contributed by atoms with van der Waals surface area (Å²) >= 11 is 0. The second kappa shape index (κ2) is 5.97. The van der Waals surface area contributed by atoms with Gasteiger partial charge in [-0.2, -0.15) is 0 Å². The van der Waals surface area contributed by atoms with Crippen LogP contribution < -0.4 is 5.32 Å². The first-order valence-electron chi connectivity index (χ1n) is 5.66. The third-order valence-electron chi connectivity index (χ3n) is 2.91. The average Bonchev–Trinajstić information content (AvgIpc) is 2.27. The van der Waals surface area contributed by atoms with Crippen molar-refractivity contribution >= 4 is 0 Å². The van der Waals surface area contributed by atoms with Crippen LogP contribution in [0.3, 0.4) is 0 Å². The summed E-state index contributed by atoms with van der Waals surface area (Å²) in [5, 5.41) is 12.3. The molecule has 2 nitrogen and oxygen atoms in total. The van der Waals surface area contributed by atoms with E-state index in [1.165, 1.54) is 6.07 Å². The molecule has 0 saturated heterocycles. The van der Waals surface area contributed by atoms with E-state index >= 15 is 0 Å². The topological polar surface area (TPSA) is 32.3 Å². The van der Waals surface area contributed by atoms with Crippen LogP contribution in [-0.2, 0) is 13.2 Å². The first kappa shape index (κ1) is 13.1. The van der Waals surface area contributed by atoms with E-state index in [-0.39, 0.29) is 12.4 Å². The lowest BCUT2D eigenvalue weighted by Crippen LogP contribution is -2.30. The minimum atomic E-state index is -0.344. The molecule has 2 N–H and O–H groups in total. The highest BCUT2D eigenvalue weighted by Crippen LogP contribution is 2.11. The number of nitrogens with one attached hydrogen (secondary N) is 1. The molecule has 0 aliphatic rings. The highest BCUT2D eigenvalue weighted by atomic mass is 19.1. The van der Waals surface area contributed by atoms with Crippen LogP contribution in [-0.4, -0.2) is 11.1 Å². The molecule has 1 atom stereocenters. The van der Waals surface area contributed by atoms with Crippen molar-refractivity contribution in [3.63, 3.8) is 0 Å². The number of benzene rings is 1. The summed E-state index contributed by atoms with van der Waals surface area (Å²) in [4.78, 5) is 0. The molecule has 0 radical (unpaired) electrons. The van der Waals surface area contributed by atoms with Gasteiger partial charge in [0.1, 0.15) is 5.82 Å². The summed E-state index contributed by atoms with van der Waals surface area (Å²) < 4.78 is 13.1.